The van der Waals surface area contributed by atoms with Crippen LogP contribution in [0.3, 0.4) is 0 Å². The Labute approximate surface area is 198 Å². The predicted octanol–water partition coefficient (Wildman–Crippen LogP) is 3.58. The highest BCUT2D eigenvalue weighted by atomic mass is 16.5. The lowest BCUT2D eigenvalue weighted by molar-refractivity contribution is 0.00636. The number of piperidine rings is 1. The maximum Gasteiger partial charge on any atom is 0.254 e. The van der Waals surface area contributed by atoms with Crippen molar-refractivity contribution in [2.24, 2.45) is 0 Å². The van der Waals surface area contributed by atoms with Crippen LogP contribution < -0.4 is 0 Å². The van der Waals surface area contributed by atoms with Gasteiger partial charge >= 0.3 is 0 Å². The van der Waals surface area contributed by atoms with Crippen LogP contribution in [0.5, 0.6) is 0 Å². The molecule has 1 saturated heterocycles. The van der Waals surface area contributed by atoms with Crippen molar-refractivity contribution in [3.8, 4) is 11.4 Å². The number of hydrogen-bond donors (Lipinski definition) is 0. The number of hydrogen-bond acceptors (Lipinski definition) is 7. The Morgan fingerprint density at radius 2 is 1.88 bits per heavy atom. The molecule has 0 radical (unpaired) electrons. The molecule has 3 aromatic rings. The van der Waals surface area contributed by atoms with Gasteiger partial charge in [0.1, 0.15) is 0 Å². The third kappa shape index (κ3) is 4.24. The van der Waals surface area contributed by atoms with Crippen molar-refractivity contribution in [1.29, 1.82) is 0 Å². The molecule has 0 unspecified atom stereocenters. The van der Waals surface area contributed by atoms with Crippen LogP contribution >= 0.6 is 0 Å². The fourth-order valence-corrected chi connectivity index (χ4v) is 5.00. The molecule has 0 spiro atoms. The summed E-state index contributed by atoms with van der Waals surface area (Å²) in [6.07, 6.45) is 1.92. The molecular weight excluding hydrogens is 432 g/mol. The molecule has 2 aromatic carbocycles. The second-order valence-electron chi connectivity index (χ2n) is 9.25. The first-order valence-electron chi connectivity index (χ1n) is 12.0. The first-order valence-corrected chi connectivity index (χ1v) is 12.0. The first kappa shape index (κ1) is 21.5. The smallest absolute Gasteiger partial charge is 0.254 e. The topological polar surface area (TPSA) is 80.9 Å². The van der Waals surface area contributed by atoms with E-state index in [4.69, 9.17) is 19.0 Å². The minimum atomic E-state index is 0.104. The molecule has 4 heterocycles. The highest BCUT2D eigenvalue weighted by molar-refractivity contribution is 5.98. The van der Waals surface area contributed by atoms with Gasteiger partial charge in [-0.05, 0) is 41.7 Å². The van der Waals surface area contributed by atoms with Gasteiger partial charge in [-0.3, -0.25) is 9.69 Å². The molecule has 0 N–H and O–H groups in total. The van der Waals surface area contributed by atoms with Crippen LogP contribution in [0.15, 0.2) is 47.0 Å². The van der Waals surface area contributed by atoms with Crippen LogP contribution in [0, 0.1) is 0 Å². The molecule has 1 fully saturated rings. The lowest BCUT2D eigenvalue weighted by Gasteiger charge is -2.30. The van der Waals surface area contributed by atoms with Gasteiger partial charge in [-0.1, -0.05) is 35.5 Å². The molecule has 0 atom stereocenters. The minimum Gasteiger partial charge on any atom is -0.372 e. The van der Waals surface area contributed by atoms with Gasteiger partial charge in [0.05, 0.1) is 26.6 Å². The molecule has 34 heavy (non-hydrogen) atoms. The number of likely N-dealkylation sites (tertiary alicyclic amines) is 1. The number of carbonyl (C=O) groups is 1. The van der Waals surface area contributed by atoms with Crippen molar-refractivity contribution in [1.82, 2.24) is 19.9 Å². The van der Waals surface area contributed by atoms with Crippen LogP contribution in [0.2, 0.25) is 0 Å². The van der Waals surface area contributed by atoms with Crippen LogP contribution in [0.1, 0.15) is 51.7 Å². The molecule has 1 amide bonds. The normalized spacial score (nSPS) is 18.5. The van der Waals surface area contributed by atoms with Gasteiger partial charge in [0.15, 0.2) is 0 Å². The summed E-state index contributed by atoms with van der Waals surface area (Å²) >= 11 is 0. The van der Waals surface area contributed by atoms with E-state index in [9.17, 15) is 4.79 Å². The summed E-state index contributed by atoms with van der Waals surface area (Å²) in [5.74, 6) is 1.75. The summed E-state index contributed by atoms with van der Waals surface area (Å²) in [6.45, 7) is 5.58. The Morgan fingerprint density at radius 3 is 2.76 bits per heavy atom. The minimum absolute atomic E-state index is 0.104. The van der Waals surface area contributed by atoms with E-state index in [1.807, 2.05) is 35.2 Å². The van der Waals surface area contributed by atoms with Gasteiger partial charge < -0.3 is 18.9 Å². The lowest BCUT2D eigenvalue weighted by atomic mass is 9.97. The number of carbonyl (C=O) groups excluding carboxylic acids is 1. The van der Waals surface area contributed by atoms with E-state index < -0.39 is 0 Å². The van der Waals surface area contributed by atoms with E-state index in [-0.39, 0.29) is 11.8 Å². The molecule has 0 aliphatic carbocycles. The number of aromatic nitrogens is 2. The van der Waals surface area contributed by atoms with Crippen molar-refractivity contribution in [3.63, 3.8) is 0 Å². The summed E-state index contributed by atoms with van der Waals surface area (Å²) in [5.41, 5.74) is 5.34. The fourth-order valence-electron chi connectivity index (χ4n) is 5.00. The van der Waals surface area contributed by atoms with Gasteiger partial charge in [-0.25, -0.2) is 0 Å². The Balaban J connectivity index is 0.951. The van der Waals surface area contributed by atoms with E-state index in [0.717, 1.165) is 48.5 Å². The Kier molecular flexibility index (Phi) is 5.86. The standard InChI is InChI=1S/C26H28N4O4/c31-26-23-4-2-1-3-20(23)14-30(26)11-12-32-17-29-9-7-18(8-10-29)25-27-24(28-34-25)19-5-6-21-15-33-16-22(21)13-19/h1-6,13,18H,7-12,14-17H2. The summed E-state index contributed by atoms with van der Waals surface area (Å²) in [4.78, 5) is 21.3. The van der Waals surface area contributed by atoms with Crippen LogP contribution in [0.4, 0.5) is 0 Å². The molecule has 8 heteroatoms. The zero-order valence-corrected chi connectivity index (χ0v) is 19.1. The average Bonchev–Trinajstić information content (AvgIpc) is 3.61. The lowest BCUT2D eigenvalue weighted by Crippen LogP contribution is -2.36. The van der Waals surface area contributed by atoms with Gasteiger partial charge in [-0.2, -0.15) is 4.98 Å². The maximum absolute atomic E-state index is 12.4. The van der Waals surface area contributed by atoms with Gasteiger partial charge in [-0.15, -0.1) is 0 Å². The van der Waals surface area contributed by atoms with Crippen LogP contribution in [-0.4, -0.2) is 58.8 Å². The molecule has 0 bridgehead atoms. The van der Waals surface area contributed by atoms with Gasteiger partial charge in [0.25, 0.3) is 5.91 Å². The van der Waals surface area contributed by atoms with Crippen molar-refractivity contribution in [2.75, 3.05) is 33.0 Å². The number of amides is 1. The second kappa shape index (κ2) is 9.29. The van der Waals surface area contributed by atoms with Crippen molar-refractivity contribution >= 4 is 5.91 Å². The van der Waals surface area contributed by atoms with Crippen LogP contribution in [0.25, 0.3) is 11.4 Å². The third-order valence-corrected chi connectivity index (χ3v) is 7.03. The fraction of sp³-hybridized carbons (Fsp3) is 0.423. The van der Waals surface area contributed by atoms with Gasteiger partial charge in [0.2, 0.25) is 11.7 Å². The van der Waals surface area contributed by atoms with E-state index in [1.54, 1.807) is 0 Å². The zero-order valence-electron chi connectivity index (χ0n) is 19.1. The number of fused-ring (bicyclic) bond motifs is 2. The van der Waals surface area contributed by atoms with Crippen molar-refractivity contribution in [3.05, 3.63) is 70.6 Å². The Morgan fingerprint density at radius 1 is 1.03 bits per heavy atom. The van der Waals surface area contributed by atoms with E-state index in [1.165, 1.54) is 11.1 Å². The number of ether oxygens (including phenoxy) is 2. The van der Waals surface area contributed by atoms with Crippen molar-refractivity contribution < 1.29 is 18.8 Å². The molecule has 3 aliphatic heterocycles. The average molecular weight is 461 g/mol. The summed E-state index contributed by atoms with van der Waals surface area (Å²) in [7, 11) is 0. The van der Waals surface area contributed by atoms with E-state index in [0.29, 0.717) is 45.5 Å². The van der Waals surface area contributed by atoms with Gasteiger partial charge in [0, 0.05) is 43.2 Å². The largest absolute Gasteiger partial charge is 0.372 e. The molecule has 1 aromatic heterocycles. The molecule has 3 aliphatic rings. The van der Waals surface area contributed by atoms with E-state index >= 15 is 0 Å². The Bertz CT molecular complexity index is 1190. The molecule has 6 rings (SSSR count). The molecule has 0 saturated carbocycles. The monoisotopic (exact) mass is 460 g/mol. The predicted molar refractivity (Wildman–Crippen MR) is 124 cm³/mol. The number of rotatable bonds is 7. The third-order valence-electron chi connectivity index (χ3n) is 7.03. The highest BCUT2D eigenvalue weighted by Crippen LogP contribution is 2.30. The molecule has 176 valence electrons. The quantitative estimate of drug-likeness (QED) is 0.499. The van der Waals surface area contributed by atoms with Crippen LogP contribution in [-0.2, 0) is 29.2 Å². The van der Waals surface area contributed by atoms with Crippen molar-refractivity contribution in [2.45, 2.75) is 38.5 Å². The Hall–Kier alpha value is -3.07. The molecule has 8 nitrogen and oxygen atoms in total. The summed E-state index contributed by atoms with van der Waals surface area (Å²) < 4.78 is 17.0. The number of benzene rings is 2. The summed E-state index contributed by atoms with van der Waals surface area (Å²) in [5, 5.41) is 4.23. The zero-order chi connectivity index (χ0) is 22.9. The molecular formula is C26H28N4O4. The second-order valence-corrected chi connectivity index (χ2v) is 9.25. The highest BCUT2D eigenvalue weighted by Gasteiger charge is 2.27. The SMILES string of the molecule is O=C1c2ccccc2CN1CCOCN1CCC(c2nc(-c3ccc4c(c3)COC4)no2)CC1. The number of nitrogens with zero attached hydrogens (tertiary/aromatic N) is 4. The van der Waals surface area contributed by atoms with E-state index in [2.05, 4.69) is 22.2 Å². The maximum atomic E-state index is 12.4. The summed E-state index contributed by atoms with van der Waals surface area (Å²) in [6, 6.07) is 14.0. The first-order chi connectivity index (χ1) is 16.7.